The summed E-state index contributed by atoms with van der Waals surface area (Å²) in [6.07, 6.45) is 0.788. The Kier molecular flexibility index (Phi) is 7.46. The van der Waals surface area contributed by atoms with Gasteiger partial charge in [-0.3, -0.25) is 10.1 Å². The largest absolute Gasteiger partial charge is 0.394 e. The van der Waals surface area contributed by atoms with Crippen LogP contribution in [0.1, 0.15) is 19.8 Å². The first-order valence-corrected chi connectivity index (χ1v) is 5.24. The van der Waals surface area contributed by atoms with Gasteiger partial charge in [-0.05, 0) is 6.42 Å². The summed E-state index contributed by atoms with van der Waals surface area (Å²) in [5, 5.41) is 31.8. The van der Waals surface area contributed by atoms with Crippen molar-refractivity contribution in [3.8, 4) is 6.07 Å². The Bertz CT molecular complexity index is 238. The normalized spacial score (nSPS) is 10.9. The second-order valence-electron chi connectivity index (χ2n) is 3.56. The van der Waals surface area contributed by atoms with Crippen LogP contribution in [-0.2, 0) is 4.79 Å². The van der Waals surface area contributed by atoms with Crippen molar-refractivity contribution in [3.63, 3.8) is 0 Å². The minimum atomic E-state index is -0.813. The van der Waals surface area contributed by atoms with Gasteiger partial charge < -0.3 is 15.5 Å². The fraction of sp³-hybridized carbons (Fsp3) is 0.800. The zero-order valence-electron chi connectivity index (χ0n) is 9.49. The predicted molar refractivity (Wildman–Crippen MR) is 58.4 cm³/mol. The van der Waals surface area contributed by atoms with E-state index in [1.165, 1.54) is 0 Å². The molecule has 0 fully saturated rings. The molecule has 0 heterocycles. The Morgan fingerprint density at radius 3 is 2.50 bits per heavy atom. The van der Waals surface area contributed by atoms with Crippen molar-refractivity contribution < 1.29 is 15.0 Å². The minimum absolute atomic E-state index is 0.0143. The Balaban J connectivity index is 3.93. The highest BCUT2D eigenvalue weighted by Crippen LogP contribution is 2.07. The molecule has 0 aliphatic rings. The molecule has 0 spiro atoms. The summed E-state index contributed by atoms with van der Waals surface area (Å²) in [5.41, 5.74) is -0.813. The third kappa shape index (κ3) is 5.07. The molecular formula is C10H19N3O3. The average Bonchev–Trinajstić information content (AvgIpc) is 2.32. The number of amides is 1. The molecule has 0 bridgehead atoms. The van der Waals surface area contributed by atoms with Gasteiger partial charge in [0.15, 0.2) is 0 Å². The molecule has 0 aliphatic heterocycles. The van der Waals surface area contributed by atoms with E-state index in [9.17, 15) is 4.79 Å². The van der Waals surface area contributed by atoms with Gasteiger partial charge in [0, 0.05) is 6.54 Å². The lowest BCUT2D eigenvalue weighted by Gasteiger charge is -2.29. The fourth-order valence-electron chi connectivity index (χ4n) is 1.10. The Labute approximate surface area is 95.3 Å². The zero-order valence-corrected chi connectivity index (χ0v) is 9.49. The van der Waals surface area contributed by atoms with Gasteiger partial charge in [-0.1, -0.05) is 6.92 Å². The number of nitriles is 1. The summed E-state index contributed by atoms with van der Waals surface area (Å²) < 4.78 is 0. The average molecular weight is 229 g/mol. The molecule has 16 heavy (non-hydrogen) atoms. The van der Waals surface area contributed by atoms with E-state index in [4.69, 9.17) is 15.5 Å². The molecule has 0 aliphatic carbocycles. The van der Waals surface area contributed by atoms with Crippen LogP contribution in [-0.4, -0.2) is 48.0 Å². The van der Waals surface area contributed by atoms with Crippen molar-refractivity contribution in [2.24, 2.45) is 0 Å². The van der Waals surface area contributed by atoms with E-state index in [0.717, 1.165) is 0 Å². The number of nitrogens with zero attached hydrogens (tertiary/aromatic N) is 1. The molecule has 0 saturated heterocycles. The first kappa shape index (κ1) is 14.8. The number of aliphatic hydroxyl groups excluding tert-OH is 2. The highest BCUT2D eigenvalue weighted by atomic mass is 16.3. The Morgan fingerprint density at radius 2 is 2.06 bits per heavy atom. The molecule has 0 aromatic carbocycles. The van der Waals surface area contributed by atoms with E-state index < -0.39 is 5.54 Å². The first-order valence-electron chi connectivity index (χ1n) is 5.24. The molecule has 0 unspecified atom stereocenters. The van der Waals surface area contributed by atoms with E-state index in [1.807, 2.05) is 13.0 Å². The highest BCUT2D eigenvalue weighted by Gasteiger charge is 2.26. The van der Waals surface area contributed by atoms with Crippen LogP contribution in [0.3, 0.4) is 0 Å². The second-order valence-corrected chi connectivity index (χ2v) is 3.56. The quantitative estimate of drug-likeness (QED) is 0.389. The summed E-state index contributed by atoms with van der Waals surface area (Å²) in [6.45, 7) is 1.68. The van der Waals surface area contributed by atoms with Crippen molar-refractivity contribution in [1.82, 2.24) is 10.6 Å². The van der Waals surface area contributed by atoms with E-state index in [0.29, 0.717) is 13.0 Å². The SMILES string of the molecule is CCC(CO)(CO)NCC(=O)NCCC#N. The van der Waals surface area contributed by atoms with Gasteiger partial charge in [0.2, 0.25) is 5.91 Å². The first-order chi connectivity index (χ1) is 7.64. The van der Waals surface area contributed by atoms with E-state index in [1.54, 1.807) is 0 Å². The fourth-order valence-corrected chi connectivity index (χ4v) is 1.10. The summed E-state index contributed by atoms with van der Waals surface area (Å²) in [7, 11) is 0. The van der Waals surface area contributed by atoms with E-state index >= 15 is 0 Å². The maximum atomic E-state index is 11.3. The van der Waals surface area contributed by atoms with Crippen LogP contribution >= 0.6 is 0 Å². The number of aliphatic hydroxyl groups is 2. The molecule has 0 atom stereocenters. The maximum absolute atomic E-state index is 11.3. The van der Waals surface area contributed by atoms with Crippen LogP contribution in [0.15, 0.2) is 0 Å². The lowest BCUT2D eigenvalue weighted by atomic mass is 9.98. The molecule has 1 amide bonds. The second kappa shape index (κ2) is 8.05. The van der Waals surface area contributed by atoms with Gasteiger partial charge in [-0.15, -0.1) is 0 Å². The molecule has 0 rings (SSSR count). The van der Waals surface area contributed by atoms with Crippen molar-refractivity contribution in [2.45, 2.75) is 25.3 Å². The van der Waals surface area contributed by atoms with Gasteiger partial charge >= 0.3 is 0 Å². The highest BCUT2D eigenvalue weighted by molar-refractivity contribution is 5.78. The van der Waals surface area contributed by atoms with Gasteiger partial charge in [-0.2, -0.15) is 5.26 Å². The Hall–Kier alpha value is -1.16. The van der Waals surface area contributed by atoms with Gasteiger partial charge in [0.1, 0.15) is 0 Å². The van der Waals surface area contributed by atoms with Crippen LogP contribution in [0.5, 0.6) is 0 Å². The summed E-state index contributed by atoms with van der Waals surface area (Å²) >= 11 is 0. The van der Waals surface area contributed by atoms with Crippen molar-refractivity contribution in [2.75, 3.05) is 26.3 Å². The number of rotatable bonds is 8. The van der Waals surface area contributed by atoms with Gasteiger partial charge in [0.05, 0.1) is 37.8 Å². The number of hydrogen-bond acceptors (Lipinski definition) is 5. The van der Waals surface area contributed by atoms with E-state index in [2.05, 4.69) is 10.6 Å². The minimum Gasteiger partial charge on any atom is -0.394 e. The molecule has 4 N–H and O–H groups in total. The molecule has 0 aromatic heterocycles. The van der Waals surface area contributed by atoms with Crippen LogP contribution in [0.2, 0.25) is 0 Å². The molecule has 0 radical (unpaired) electrons. The molecule has 0 aromatic rings. The standard InChI is InChI=1S/C10H19N3O3/c1-2-10(7-14,8-15)13-6-9(16)12-5-3-4-11/h13-15H,2-3,5-8H2,1H3,(H,12,16). The lowest BCUT2D eigenvalue weighted by Crippen LogP contribution is -2.54. The predicted octanol–water partition coefficient (Wildman–Crippen LogP) is -1.26. The van der Waals surface area contributed by atoms with Crippen molar-refractivity contribution in [1.29, 1.82) is 5.26 Å². The zero-order chi connectivity index (χ0) is 12.4. The van der Waals surface area contributed by atoms with Crippen molar-refractivity contribution in [3.05, 3.63) is 0 Å². The molecule has 92 valence electrons. The summed E-state index contributed by atoms with van der Waals surface area (Å²) in [5.74, 6) is -0.255. The lowest BCUT2D eigenvalue weighted by molar-refractivity contribution is -0.120. The Morgan fingerprint density at radius 1 is 1.44 bits per heavy atom. The summed E-state index contributed by atoms with van der Waals surface area (Å²) in [4.78, 5) is 11.3. The van der Waals surface area contributed by atoms with E-state index in [-0.39, 0.29) is 32.1 Å². The molecule has 6 nitrogen and oxygen atoms in total. The van der Waals surface area contributed by atoms with Gasteiger partial charge in [0.25, 0.3) is 0 Å². The third-order valence-corrected chi connectivity index (χ3v) is 2.47. The monoisotopic (exact) mass is 229 g/mol. The number of carbonyl (C=O) groups excluding carboxylic acids is 1. The molecule has 6 heteroatoms. The number of nitrogens with one attached hydrogen (secondary N) is 2. The molecular weight excluding hydrogens is 210 g/mol. The van der Waals surface area contributed by atoms with Crippen LogP contribution < -0.4 is 10.6 Å². The van der Waals surface area contributed by atoms with Crippen LogP contribution in [0.25, 0.3) is 0 Å². The number of carbonyl (C=O) groups is 1. The smallest absolute Gasteiger partial charge is 0.234 e. The van der Waals surface area contributed by atoms with Gasteiger partial charge in [-0.25, -0.2) is 0 Å². The topological polar surface area (TPSA) is 105 Å². The van der Waals surface area contributed by atoms with Crippen LogP contribution in [0, 0.1) is 11.3 Å². The molecule has 0 saturated carbocycles. The van der Waals surface area contributed by atoms with Crippen LogP contribution in [0.4, 0.5) is 0 Å². The van der Waals surface area contributed by atoms with Crippen molar-refractivity contribution >= 4 is 5.91 Å². The third-order valence-electron chi connectivity index (χ3n) is 2.47. The maximum Gasteiger partial charge on any atom is 0.234 e. The number of hydrogen-bond donors (Lipinski definition) is 4. The summed E-state index contributed by atoms with van der Waals surface area (Å²) in [6, 6.07) is 1.91.